The Bertz CT molecular complexity index is 545. The Morgan fingerprint density at radius 3 is 2.40 bits per heavy atom. The van der Waals surface area contributed by atoms with Crippen LogP contribution in [0.15, 0.2) is 34.3 Å². The molecule has 0 bridgehead atoms. The van der Waals surface area contributed by atoms with Crippen molar-refractivity contribution in [3.63, 3.8) is 0 Å². The van der Waals surface area contributed by atoms with Crippen LogP contribution in [0.3, 0.4) is 0 Å². The Hall–Kier alpha value is -1.76. The molecule has 1 aromatic carbocycles. The average molecular weight is 224 g/mol. The summed E-state index contributed by atoms with van der Waals surface area (Å²) in [5.41, 5.74) is 0.990. The highest BCUT2D eigenvalue weighted by Crippen LogP contribution is 2.16. The van der Waals surface area contributed by atoms with Crippen molar-refractivity contribution in [2.24, 2.45) is 0 Å². The number of aryl methyl sites for hydroxylation is 1. The lowest BCUT2D eigenvalue weighted by Crippen LogP contribution is -2.04. The quantitative estimate of drug-likeness (QED) is 0.794. The lowest BCUT2D eigenvalue weighted by atomic mass is 10.2. The van der Waals surface area contributed by atoms with E-state index < -0.39 is 9.84 Å². The SMILES string of the molecule is Cc1ccc(S(=O)(=O)c2nnn[nH]2)cc1. The highest BCUT2D eigenvalue weighted by atomic mass is 32.2. The van der Waals surface area contributed by atoms with Gasteiger partial charge < -0.3 is 0 Å². The normalized spacial score (nSPS) is 11.5. The van der Waals surface area contributed by atoms with Gasteiger partial charge >= 0.3 is 0 Å². The molecule has 1 aromatic heterocycles. The number of hydrogen-bond acceptors (Lipinski definition) is 5. The summed E-state index contributed by atoms with van der Waals surface area (Å²) < 4.78 is 23.7. The third-order valence-corrected chi connectivity index (χ3v) is 3.49. The molecule has 1 heterocycles. The summed E-state index contributed by atoms with van der Waals surface area (Å²) in [4.78, 5) is 0.173. The van der Waals surface area contributed by atoms with Gasteiger partial charge in [-0.1, -0.05) is 22.8 Å². The molecule has 0 aliphatic rings. The molecule has 0 saturated heterocycles. The van der Waals surface area contributed by atoms with E-state index in [0.29, 0.717) is 0 Å². The summed E-state index contributed by atoms with van der Waals surface area (Å²) in [6.07, 6.45) is 0. The van der Waals surface area contributed by atoms with Gasteiger partial charge in [-0.15, -0.1) is 0 Å². The van der Waals surface area contributed by atoms with Gasteiger partial charge in [0.2, 0.25) is 9.84 Å². The Balaban J connectivity index is 2.52. The first-order chi connectivity index (χ1) is 7.10. The average Bonchev–Trinajstić information content (AvgIpc) is 2.71. The Labute approximate surface area is 86.3 Å². The number of hydrogen-bond donors (Lipinski definition) is 1. The first-order valence-electron chi connectivity index (χ1n) is 4.16. The zero-order chi connectivity index (χ0) is 10.9. The van der Waals surface area contributed by atoms with Gasteiger partial charge in [-0.25, -0.2) is 13.5 Å². The molecule has 0 aliphatic heterocycles. The molecule has 0 amide bonds. The monoisotopic (exact) mass is 224 g/mol. The second-order valence-corrected chi connectivity index (χ2v) is 4.89. The number of H-pyrrole nitrogens is 1. The first-order valence-corrected chi connectivity index (χ1v) is 5.64. The number of aromatic amines is 1. The van der Waals surface area contributed by atoms with Crippen molar-refractivity contribution < 1.29 is 8.42 Å². The van der Waals surface area contributed by atoms with Gasteiger partial charge in [0.05, 0.1) is 4.90 Å². The second kappa shape index (κ2) is 3.43. The van der Waals surface area contributed by atoms with Gasteiger partial charge in [0.25, 0.3) is 5.16 Å². The maximum Gasteiger partial charge on any atom is 0.269 e. The van der Waals surface area contributed by atoms with Crippen molar-refractivity contribution >= 4 is 9.84 Å². The lowest BCUT2D eigenvalue weighted by molar-refractivity contribution is 0.587. The highest BCUT2D eigenvalue weighted by Gasteiger charge is 2.20. The molecule has 0 unspecified atom stereocenters. The van der Waals surface area contributed by atoms with E-state index in [1.54, 1.807) is 12.1 Å². The van der Waals surface area contributed by atoms with E-state index in [4.69, 9.17) is 0 Å². The largest absolute Gasteiger partial charge is 0.269 e. The summed E-state index contributed by atoms with van der Waals surface area (Å²) in [5, 5.41) is 11.8. The molecule has 78 valence electrons. The van der Waals surface area contributed by atoms with E-state index in [9.17, 15) is 8.42 Å². The van der Waals surface area contributed by atoms with Crippen LogP contribution in [0.1, 0.15) is 5.56 Å². The Kier molecular flexibility index (Phi) is 2.24. The number of aromatic nitrogens is 4. The van der Waals surface area contributed by atoms with Gasteiger partial charge in [-0.2, -0.15) is 0 Å². The molecular weight excluding hydrogens is 216 g/mol. The fourth-order valence-electron chi connectivity index (χ4n) is 1.09. The summed E-state index contributed by atoms with van der Waals surface area (Å²) >= 11 is 0. The smallest absolute Gasteiger partial charge is 0.229 e. The van der Waals surface area contributed by atoms with E-state index in [0.717, 1.165) is 5.56 Å². The predicted octanol–water partition coefficient (Wildman–Crippen LogP) is 0.341. The van der Waals surface area contributed by atoms with Crippen LogP contribution in [0, 0.1) is 6.92 Å². The number of benzene rings is 1. The lowest BCUT2D eigenvalue weighted by Gasteiger charge is -1.99. The standard InChI is InChI=1S/C8H8N4O2S/c1-6-2-4-7(5-3-6)15(13,14)8-9-11-12-10-8/h2-5H,1H3,(H,9,10,11,12). The van der Waals surface area contributed by atoms with Gasteiger partial charge in [-0.05, 0) is 29.5 Å². The maximum atomic E-state index is 11.8. The second-order valence-electron chi connectivity index (χ2n) is 3.02. The minimum absolute atomic E-state index is 0.173. The molecule has 0 saturated carbocycles. The molecule has 0 spiro atoms. The molecule has 0 atom stereocenters. The molecule has 0 radical (unpaired) electrons. The van der Waals surface area contributed by atoms with Crippen LogP contribution in [0.25, 0.3) is 0 Å². The van der Waals surface area contributed by atoms with E-state index in [1.807, 2.05) is 6.92 Å². The minimum atomic E-state index is -3.60. The van der Waals surface area contributed by atoms with Crippen LogP contribution in [0.5, 0.6) is 0 Å². The maximum absolute atomic E-state index is 11.8. The van der Waals surface area contributed by atoms with Crippen LogP contribution < -0.4 is 0 Å². The third kappa shape index (κ3) is 1.73. The Morgan fingerprint density at radius 1 is 1.20 bits per heavy atom. The topological polar surface area (TPSA) is 88.6 Å². The van der Waals surface area contributed by atoms with E-state index in [1.165, 1.54) is 12.1 Å². The van der Waals surface area contributed by atoms with Gasteiger partial charge in [0.1, 0.15) is 0 Å². The molecule has 1 N–H and O–H groups in total. The molecule has 0 fully saturated rings. The number of nitrogens with one attached hydrogen (secondary N) is 1. The number of sulfone groups is 1. The fourth-order valence-corrected chi connectivity index (χ4v) is 2.12. The van der Waals surface area contributed by atoms with Crippen molar-refractivity contribution in [1.82, 2.24) is 20.6 Å². The molecular formula is C8H8N4O2S. The third-order valence-electron chi connectivity index (χ3n) is 1.91. The molecule has 2 aromatic rings. The van der Waals surface area contributed by atoms with Gasteiger partial charge in [-0.3, -0.25) is 0 Å². The Morgan fingerprint density at radius 2 is 1.87 bits per heavy atom. The summed E-state index contributed by atoms with van der Waals surface area (Å²) in [7, 11) is -3.60. The minimum Gasteiger partial charge on any atom is -0.229 e. The van der Waals surface area contributed by atoms with Gasteiger partial charge in [0, 0.05) is 0 Å². The predicted molar refractivity (Wildman–Crippen MR) is 50.8 cm³/mol. The first kappa shape index (κ1) is 9.78. The van der Waals surface area contributed by atoms with Crippen molar-refractivity contribution in [3.05, 3.63) is 29.8 Å². The number of rotatable bonds is 2. The van der Waals surface area contributed by atoms with E-state index in [-0.39, 0.29) is 10.1 Å². The van der Waals surface area contributed by atoms with E-state index >= 15 is 0 Å². The van der Waals surface area contributed by atoms with Crippen LogP contribution in [-0.2, 0) is 9.84 Å². The molecule has 2 rings (SSSR count). The number of tetrazole rings is 1. The van der Waals surface area contributed by atoms with Gasteiger partial charge in [0.15, 0.2) is 0 Å². The van der Waals surface area contributed by atoms with Crippen LogP contribution in [0.4, 0.5) is 0 Å². The zero-order valence-electron chi connectivity index (χ0n) is 7.88. The van der Waals surface area contributed by atoms with Crippen molar-refractivity contribution in [3.8, 4) is 0 Å². The van der Waals surface area contributed by atoms with Crippen LogP contribution in [0.2, 0.25) is 0 Å². The van der Waals surface area contributed by atoms with E-state index in [2.05, 4.69) is 20.6 Å². The highest BCUT2D eigenvalue weighted by molar-refractivity contribution is 7.91. The summed E-state index contributed by atoms with van der Waals surface area (Å²) in [6, 6.07) is 6.48. The molecule has 6 nitrogen and oxygen atoms in total. The van der Waals surface area contributed by atoms with Crippen LogP contribution >= 0.6 is 0 Å². The fraction of sp³-hybridized carbons (Fsp3) is 0.125. The van der Waals surface area contributed by atoms with Crippen molar-refractivity contribution in [2.45, 2.75) is 17.0 Å². The molecule has 7 heteroatoms. The summed E-state index contributed by atoms with van der Waals surface area (Å²) in [5.74, 6) is 0. The van der Waals surface area contributed by atoms with Crippen molar-refractivity contribution in [2.75, 3.05) is 0 Å². The number of nitrogens with zero attached hydrogens (tertiary/aromatic N) is 3. The summed E-state index contributed by atoms with van der Waals surface area (Å²) in [6.45, 7) is 1.88. The van der Waals surface area contributed by atoms with Crippen LogP contribution in [-0.4, -0.2) is 29.0 Å². The van der Waals surface area contributed by atoms with Crippen molar-refractivity contribution in [1.29, 1.82) is 0 Å². The zero-order valence-corrected chi connectivity index (χ0v) is 8.69. The molecule has 0 aliphatic carbocycles. The molecule has 15 heavy (non-hydrogen) atoms.